The van der Waals surface area contributed by atoms with Crippen molar-refractivity contribution in [1.82, 2.24) is 14.7 Å². The first-order chi connectivity index (χ1) is 12.9. The number of amides is 3. The fourth-order valence-corrected chi connectivity index (χ4v) is 3.69. The average Bonchev–Trinajstić information content (AvgIpc) is 2.68. The summed E-state index contributed by atoms with van der Waals surface area (Å²) < 4.78 is 5.37. The van der Waals surface area contributed by atoms with Crippen molar-refractivity contribution in [2.45, 2.75) is 39.0 Å². The van der Waals surface area contributed by atoms with Gasteiger partial charge in [-0.1, -0.05) is 44.2 Å². The molecule has 3 amide bonds. The standard InChI is InChI=1S/C20H27N3O4/c1-14(2)11-16-19(25)23-10-9-22(12-17(23)18(24)21(16)3)20(26)27-13-15-7-5-4-6-8-15/h4-8,14,16-17H,9-13H2,1-3H3/t16-,17+/m0/s1. The van der Waals surface area contributed by atoms with Crippen LogP contribution in [0, 0.1) is 5.92 Å². The Morgan fingerprint density at radius 3 is 2.52 bits per heavy atom. The van der Waals surface area contributed by atoms with E-state index in [1.54, 1.807) is 16.8 Å². The number of carbonyl (C=O) groups excluding carboxylic acids is 3. The van der Waals surface area contributed by atoms with Crippen LogP contribution in [0.4, 0.5) is 4.79 Å². The lowest BCUT2D eigenvalue weighted by Gasteiger charge is -2.48. The molecule has 0 radical (unpaired) electrons. The highest BCUT2D eigenvalue weighted by atomic mass is 16.6. The highest BCUT2D eigenvalue weighted by molar-refractivity contribution is 5.97. The van der Waals surface area contributed by atoms with E-state index in [4.69, 9.17) is 4.74 Å². The topological polar surface area (TPSA) is 70.2 Å². The van der Waals surface area contributed by atoms with Crippen LogP contribution >= 0.6 is 0 Å². The van der Waals surface area contributed by atoms with E-state index in [0.29, 0.717) is 25.4 Å². The van der Waals surface area contributed by atoms with Crippen molar-refractivity contribution in [1.29, 1.82) is 0 Å². The first-order valence-corrected chi connectivity index (χ1v) is 9.41. The van der Waals surface area contributed by atoms with Gasteiger partial charge in [0.15, 0.2) is 0 Å². The monoisotopic (exact) mass is 373 g/mol. The lowest BCUT2D eigenvalue weighted by molar-refractivity contribution is -0.164. The number of piperazine rings is 2. The Morgan fingerprint density at radius 1 is 1.15 bits per heavy atom. The first-order valence-electron chi connectivity index (χ1n) is 9.41. The van der Waals surface area contributed by atoms with Crippen LogP contribution in [0.3, 0.4) is 0 Å². The summed E-state index contributed by atoms with van der Waals surface area (Å²) in [6.07, 6.45) is 0.193. The smallest absolute Gasteiger partial charge is 0.410 e. The summed E-state index contributed by atoms with van der Waals surface area (Å²) in [6.45, 7) is 5.18. The first kappa shape index (κ1) is 19.2. The van der Waals surface area contributed by atoms with Gasteiger partial charge in [-0.3, -0.25) is 9.59 Å². The molecular formula is C20H27N3O4. The Kier molecular flexibility index (Phi) is 5.68. The molecule has 0 unspecified atom stereocenters. The molecule has 146 valence electrons. The number of benzene rings is 1. The molecule has 0 bridgehead atoms. The number of ether oxygens (including phenoxy) is 1. The van der Waals surface area contributed by atoms with Gasteiger partial charge < -0.3 is 19.4 Å². The Bertz CT molecular complexity index is 706. The fourth-order valence-electron chi connectivity index (χ4n) is 3.69. The molecule has 0 saturated carbocycles. The van der Waals surface area contributed by atoms with Gasteiger partial charge in [-0.2, -0.15) is 0 Å². The Balaban J connectivity index is 1.63. The minimum absolute atomic E-state index is 0.0203. The zero-order valence-electron chi connectivity index (χ0n) is 16.1. The van der Waals surface area contributed by atoms with E-state index >= 15 is 0 Å². The molecule has 0 aromatic heterocycles. The molecule has 2 fully saturated rings. The van der Waals surface area contributed by atoms with E-state index in [9.17, 15) is 14.4 Å². The number of nitrogens with zero attached hydrogens (tertiary/aromatic N) is 3. The molecule has 2 atom stereocenters. The quantitative estimate of drug-likeness (QED) is 0.806. The summed E-state index contributed by atoms with van der Waals surface area (Å²) in [6, 6.07) is 8.42. The predicted molar refractivity (Wildman–Crippen MR) is 99.7 cm³/mol. The van der Waals surface area contributed by atoms with Crippen LogP contribution in [0.25, 0.3) is 0 Å². The second-order valence-corrected chi connectivity index (χ2v) is 7.63. The van der Waals surface area contributed by atoms with Crippen molar-refractivity contribution in [2.24, 2.45) is 5.92 Å². The molecule has 0 aliphatic carbocycles. The van der Waals surface area contributed by atoms with Gasteiger partial charge >= 0.3 is 6.09 Å². The summed E-state index contributed by atoms with van der Waals surface area (Å²) >= 11 is 0. The van der Waals surface area contributed by atoms with E-state index < -0.39 is 18.2 Å². The van der Waals surface area contributed by atoms with Crippen LogP contribution < -0.4 is 0 Å². The number of likely N-dealkylation sites (N-methyl/N-ethyl adjacent to an activating group) is 1. The van der Waals surface area contributed by atoms with Crippen LogP contribution in [0.2, 0.25) is 0 Å². The average molecular weight is 373 g/mol. The van der Waals surface area contributed by atoms with Crippen LogP contribution in [-0.4, -0.2) is 71.4 Å². The normalized spacial score (nSPS) is 22.9. The fraction of sp³-hybridized carbons (Fsp3) is 0.550. The molecule has 7 heteroatoms. The number of carbonyl (C=O) groups is 3. The van der Waals surface area contributed by atoms with Crippen molar-refractivity contribution >= 4 is 17.9 Å². The molecule has 3 rings (SSSR count). The third-order valence-corrected chi connectivity index (χ3v) is 5.21. The van der Waals surface area contributed by atoms with Crippen molar-refractivity contribution in [3.05, 3.63) is 35.9 Å². The third kappa shape index (κ3) is 4.07. The van der Waals surface area contributed by atoms with Gasteiger partial charge in [0.25, 0.3) is 0 Å². The van der Waals surface area contributed by atoms with E-state index in [2.05, 4.69) is 0 Å². The molecule has 2 heterocycles. The summed E-state index contributed by atoms with van der Waals surface area (Å²) in [5.41, 5.74) is 0.907. The summed E-state index contributed by atoms with van der Waals surface area (Å²) in [5.74, 6) is 0.189. The molecule has 2 saturated heterocycles. The number of hydrogen-bond acceptors (Lipinski definition) is 4. The zero-order chi connectivity index (χ0) is 19.6. The maximum atomic E-state index is 12.8. The highest BCUT2D eigenvalue weighted by Crippen LogP contribution is 2.25. The third-order valence-electron chi connectivity index (χ3n) is 5.21. The maximum Gasteiger partial charge on any atom is 0.410 e. The molecular weight excluding hydrogens is 346 g/mol. The van der Waals surface area contributed by atoms with Crippen molar-refractivity contribution in [3.63, 3.8) is 0 Å². The van der Waals surface area contributed by atoms with Gasteiger partial charge in [0.1, 0.15) is 18.7 Å². The Labute approximate surface area is 159 Å². The number of rotatable bonds is 4. The number of hydrogen-bond donors (Lipinski definition) is 0. The van der Waals surface area contributed by atoms with Gasteiger partial charge in [0.05, 0.1) is 6.54 Å². The van der Waals surface area contributed by atoms with Crippen LogP contribution in [0.15, 0.2) is 30.3 Å². The van der Waals surface area contributed by atoms with E-state index in [1.807, 2.05) is 44.2 Å². The molecule has 2 aliphatic rings. The van der Waals surface area contributed by atoms with Crippen LogP contribution in [-0.2, 0) is 20.9 Å². The highest BCUT2D eigenvalue weighted by Gasteiger charge is 2.47. The van der Waals surface area contributed by atoms with Crippen molar-refractivity contribution < 1.29 is 19.1 Å². The molecule has 1 aromatic rings. The summed E-state index contributed by atoms with van der Waals surface area (Å²) in [5, 5.41) is 0. The minimum Gasteiger partial charge on any atom is -0.445 e. The van der Waals surface area contributed by atoms with Crippen molar-refractivity contribution in [2.75, 3.05) is 26.7 Å². The van der Waals surface area contributed by atoms with Gasteiger partial charge in [-0.15, -0.1) is 0 Å². The van der Waals surface area contributed by atoms with Gasteiger partial charge in [0, 0.05) is 20.1 Å². The lowest BCUT2D eigenvalue weighted by atomic mass is 9.95. The second-order valence-electron chi connectivity index (χ2n) is 7.63. The molecule has 1 aromatic carbocycles. The lowest BCUT2D eigenvalue weighted by Crippen LogP contribution is -2.69. The summed E-state index contributed by atoms with van der Waals surface area (Å²) in [4.78, 5) is 42.7. The Morgan fingerprint density at radius 2 is 1.85 bits per heavy atom. The zero-order valence-corrected chi connectivity index (χ0v) is 16.1. The largest absolute Gasteiger partial charge is 0.445 e. The predicted octanol–water partition coefficient (Wildman–Crippen LogP) is 1.72. The van der Waals surface area contributed by atoms with E-state index in [0.717, 1.165) is 5.56 Å². The molecule has 0 N–H and O–H groups in total. The van der Waals surface area contributed by atoms with E-state index in [1.165, 1.54) is 4.90 Å². The molecule has 0 spiro atoms. The molecule has 27 heavy (non-hydrogen) atoms. The summed E-state index contributed by atoms with van der Waals surface area (Å²) in [7, 11) is 1.68. The second kappa shape index (κ2) is 7.98. The van der Waals surface area contributed by atoms with Crippen molar-refractivity contribution in [3.8, 4) is 0 Å². The van der Waals surface area contributed by atoms with E-state index in [-0.39, 0.29) is 25.0 Å². The SMILES string of the molecule is CC(C)C[C@H]1C(=O)N2CCN(C(=O)OCc3ccccc3)C[C@@H]2C(=O)N1C. The van der Waals surface area contributed by atoms with Gasteiger partial charge in [0.2, 0.25) is 11.8 Å². The van der Waals surface area contributed by atoms with Gasteiger partial charge in [-0.05, 0) is 17.9 Å². The molecule has 7 nitrogen and oxygen atoms in total. The number of fused-ring (bicyclic) bond motifs is 1. The van der Waals surface area contributed by atoms with Crippen LogP contribution in [0.1, 0.15) is 25.8 Å². The Hall–Kier alpha value is -2.57. The van der Waals surface area contributed by atoms with Crippen LogP contribution in [0.5, 0.6) is 0 Å². The van der Waals surface area contributed by atoms with Gasteiger partial charge in [-0.25, -0.2) is 4.79 Å². The maximum absolute atomic E-state index is 12.8. The molecule has 2 aliphatic heterocycles. The minimum atomic E-state index is -0.621.